The van der Waals surface area contributed by atoms with E-state index in [-0.39, 0.29) is 101 Å². The highest BCUT2D eigenvalue weighted by atomic mass is 16.5. The van der Waals surface area contributed by atoms with Crippen LogP contribution in [0.25, 0.3) is 0 Å². The molecule has 0 aliphatic rings. The predicted molar refractivity (Wildman–Crippen MR) is 259 cm³/mol. The monoisotopic (exact) mass is 954 g/mol. The lowest BCUT2D eigenvalue weighted by molar-refractivity contribution is -0.127. The van der Waals surface area contributed by atoms with Gasteiger partial charge in [-0.3, -0.25) is 24.0 Å². The maximum Gasteiger partial charge on any atom is 0.246 e. The number of Topliss-reactive ketones (excluding diaryl/α,β-unsaturated/α-hetero) is 1. The number of H-pyrrole nitrogens is 1. The van der Waals surface area contributed by atoms with E-state index in [0.717, 1.165) is 37.8 Å². The Labute approximate surface area is 402 Å². The first-order valence-corrected chi connectivity index (χ1v) is 25.5. The lowest BCUT2D eigenvalue weighted by atomic mass is 9.94. The van der Waals surface area contributed by atoms with Gasteiger partial charge in [-0.2, -0.15) is 0 Å². The van der Waals surface area contributed by atoms with Crippen LogP contribution in [0, 0.1) is 5.92 Å². The van der Waals surface area contributed by atoms with Crippen LogP contribution in [0.5, 0.6) is 0 Å². The van der Waals surface area contributed by atoms with Crippen molar-refractivity contribution in [2.45, 2.75) is 155 Å². The van der Waals surface area contributed by atoms with E-state index in [1.807, 2.05) is 6.92 Å². The molecule has 0 saturated heterocycles. The average Bonchev–Trinajstić information content (AvgIpc) is 3.83. The Morgan fingerprint density at radius 3 is 1.40 bits per heavy atom. The van der Waals surface area contributed by atoms with Crippen LogP contribution in [-0.4, -0.2) is 151 Å². The molecule has 0 aliphatic heterocycles. The van der Waals surface area contributed by atoms with E-state index in [9.17, 15) is 24.0 Å². The minimum absolute atomic E-state index is 0.0419. The second kappa shape index (κ2) is 46.2. The summed E-state index contributed by atoms with van der Waals surface area (Å²) in [7, 11) is 0. The molecule has 0 radical (unpaired) electrons. The molecule has 0 aliphatic carbocycles. The van der Waals surface area contributed by atoms with Gasteiger partial charge in [0, 0.05) is 57.3 Å². The number of carbonyl (C=O) groups excluding carboxylic acids is 5. The number of aromatic amines is 1. The third-order valence-corrected chi connectivity index (χ3v) is 10.9. The first-order valence-electron chi connectivity index (χ1n) is 25.5. The van der Waals surface area contributed by atoms with Crippen molar-refractivity contribution in [2.24, 2.45) is 11.7 Å². The van der Waals surface area contributed by atoms with E-state index < -0.39 is 6.04 Å². The number of hydrogen-bond donors (Lipinski definition) is 6. The SMILES string of the molecule is CCCCCCCCCCCCCCCCCC(=O)NCCOCCOCC(=O)NCCOCCOCC(=O)NCCOCCOCC(=O)NCCCC[C@@H](C)CC(=O)[C@@H](N)Cc1cnc[nH]1. The highest BCUT2D eigenvalue weighted by Crippen LogP contribution is 2.15. The fourth-order valence-corrected chi connectivity index (χ4v) is 7.03. The highest BCUT2D eigenvalue weighted by Gasteiger charge is 2.18. The molecular formula is C49H91N7O11. The number of amides is 4. The zero-order chi connectivity index (χ0) is 48.7. The van der Waals surface area contributed by atoms with E-state index in [4.69, 9.17) is 34.2 Å². The third-order valence-electron chi connectivity index (χ3n) is 10.9. The Morgan fingerprint density at radius 2 is 0.955 bits per heavy atom. The molecule has 67 heavy (non-hydrogen) atoms. The van der Waals surface area contributed by atoms with Gasteiger partial charge in [0.15, 0.2) is 0 Å². The van der Waals surface area contributed by atoms with Crippen LogP contribution in [0.4, 0.5) is 0 Å². The molecule has 2 atom stereocenters. The van der Waals surface area contributed by atoms with Gasteiger partial charge < -0.3 is 60.4 Å². The average molecular weight is 954 g/mol. The minimum Gasteiger partial charge on any atom is -0.377 e. The number of hydrogen-bond acceptors (Lipinski definition) is 13. The van der Waals surface area contributed by atoms with Crippen molar-refractivity contribution in [3.63, 3.8) is 0 Å². The molecule has 7 N–H and O–H groups in total. The topological polar surface area (TPSA) is 244 Å². The molecule has 0 spiro atoms. The Morgan fingerprint density at radius 1 is 0.537 bits per heavy atom. The number of nitrogens with one attached hydrogen (secondary N) is 5. The van der Waals surface area contributed by atoms with E-state index in [0.29, 0.717) is 58.7 Å². The van der Waals surface area contributed by atoms with E-state index in [2.05, 4.69) is 38.2 Å². The van der Waals surface area contributed by atoms with Crippen LogP contribution < -0.4 is 27.0 Å². The number of nitrogens with two attached hydrogens (primary N) is 1. The quantitative estimate of drug-likeness (QED) is 0.0479. The molecule has 18 nitrogen and oxygen atoms in total. The van der Waals surface area contributed by atoms with Crippen molar-refractivity contribution in [2.75, 3.05) is 105 Å². The van der Waals surface area contributed by atoms with Gasteiger partial charge in [0.2, 0.25) is 23.6 Å². The largest absolute Gasteiger partial charge is 0.377 e. The van der Waals surface area contributed by atoms with E-state index in [1.165, 1.54) is 83.5 Å². The molecule has 1 aromatic heterocycles. The molecule has 1 rings (SSSR count). The van der Waals surface area contributed by atoms with Crippen molar-refractivity contribution in [1.82, 2.24) is 31.2 Å². The molecular weight excluding hydrogens is 863 g/mol. The lowest BCUT2D eigenvalue weighted by Crippen LogP contribution is -2.33. The van der Waals surface area contributed by atoms with Gasteiger partial charge in [0.05, 0.1) is 71.8 Å². The van der Waals surface area contributed by atoms with Crippen LogP contribution in [0.15, 0.2) is 12.5 Å². The zero-order valence-corrected chi connectivity index (χ0v) is 41.5. The number of unbranched alkanes of at least 4 members (excludes halogenated alkanes) is 15. The molecule has 4 amide bonds. The number of nitrogens with zero attached hydrogens (tertiary/aromatic N) is 1. The summed E-state index contributed by atoms with van der Waals surface area (Å²) >= 11 is 0. The summed E-state index contributed by atoms with van der Waals surface area (Å²) < 4.78 is 32.3. The van der Waals surface area contributed by atoms with Crippen LogP contribution in [0.1, 0.15) is 148 Å². The lowest BCUT2D eigenvalue weighted by Gasteiger charge is -2.14. The summed E-state index contributed by atoms with van der Waals surface area (Å²) in [5, 5.41) is 11.1. The zero-order valence-electron chi connectivity index (χ0n) is 41.5. The second-order valence-electron chi connectivity index (χ2n) is 17.3. The van der Waals surface area contributed by atoms with Gasteiger partial charge in [0.1, 0.15) is 25.6 Å². The molecule has 0 saturated carbocycles. The summed E-state index contributed by atoms with van der Waals surface area (Å²) in [4.78, 5) is 67.2. The summed E-state index contributed by atoms with van der Waals surface area (Å²) in [5.74, 6) is -0.422. The molecule has 1 heterocycles. The standard InChI is InChI=1S/C49H91N7O11/c1-3-4-5-6-7-8-9-10-11-12-13-14-15-16-17-21-46(58)53-23-26-62-29-33-66-39-48(60)55-25-28-64-31-34-67-40-49(61)54-24-27-63-30-32-65-38-47(59)52-22-19-18-20-42(2)35-45(57)44(50)36-43-37-51-41-56-43/h37,41-42,44H,3-36,38-40,50H2,1-2H3,(H,51,56)(H,52,59)(H,53,58)(H,54,61)(H,55,60)/t42-,44+/m1/s1. The molecule has 0 fully saturated rings. The van der Waals surface area contributed by atoms with Crippen molar-refractivity contribution in [3.8, 4) is 0 Å². The fourth-order valence-electron chi connectivity index (χ4n) is 7.03. The normalized spacial score (nSPS) is 12.2. The van der Waals surface area contributed by atoms with E-state index >= 15 is 0 Å². The summed E-state index contributed by atoms with van der Waals surface area (Å²) in [6.45, 7) is 8.24. The smallest absolute Gasteiger partial charge is 0.246 e. The number of ether oxygens (including phenoxy) is 6. The Bertz CT molecular complexity index is 1340. The third kappa shape index (κ3) is 42.3. The second-order valence-corrected chi connectivity index (χ2v) is 17.3. The van der Waals surface area contributed by atoms with Crippen molar-refractivity contribution >= 4 is 29.4 Å². The highest BCUT2D eigenvalue weighted by molar-refractivity contribution is 5.84. The Kier molecular flexibility index (Phi) is 42.4. The van der Waals surface area contributed by atoms with Gasteiger partial charge in [0.25, 0.3) is 0 Å². The maximum atomic E-state index is 12.4. The van der Waals surface area contributed by atoms with Crippen molar-refractivity contribution in [1.29, 1.82) is 0 Å². The number of carbonyl (C=O) groups is 5. The number of imidazole rings is 1. The Hall–Kier alpha value is -3.52. The molecule has 0 bridgehead atoms. The van der Waals surface area contributed by atoms with Crippen LogP contribution in [-0.2, 0) is 58.8 Å². The van der Waals surface area contributed by atoms with Crippen LogP contribution >= 0.6 is 0 Å². The maximum absolute atomic E-state index is 12.4. The number of ketones is 1. The molecule has 18 heteroatoms. The van der Waals surface area contributed by atoms with Crippen molar-refractivity contribution < 1.29 is 52.4 Å². The molecule has 388 valence electrons. The Balaban J connectivity index is 1.77. The van der Waals surface area contributed by atoms with Crippen LogP contribution in [0.3, 0.4) is 0 Å². The summed E-state index contributed by atoms with van der Waals surface area (Å²) in [6, 6.07) is -0.539. The first kappa shape index (κ1) is 61.5. The number of aromatic nitrogens is 2. The number of rotatable bonds is 50. The predicted octanol–water partition coefficient (Wildman–Crippen LogP) is 4.87. The fraction of sp³-hybridized carbons (Fsp3) is 0.837. The first-order chi connectivity index (χ1) is 32.7. The van der Waals surface area contributed by atoms with Gasteiger partial charge in [-0.25, -0.2) is 4.98 Å². The van der Waals surface area contributed by atoms with Gasteiger partial charge in [-0.1, -0.05) is 117 Å². The van der Waals surface area contributed by atoms with Crippen molar-refractivity contribution in [3.05, 3.63) is 18.2 Å². The summed E-state index contributed by atoms with van der Waals surface area (Å²) in [5.41, 5.74) is 6.88. The van der Waals surface area contributed by atoms with Gasteiger partial charge in [-0.15, -0.1) is 0 Å². The van der Waals surface area contributed by atoms with Crippen LogP contribution in [0.2, 0.25) is 0 Å². The molecule has 1 aromatic rings. The van der Waals surface area contributed by atoms with Gasteiger partial charge in [-0.05, 0) is 18.8 Å². The molecule has 0 aromatic carbocycles. The summed E-state index contributed by atoms with van der Waals surface area (Å²) in [6.07, 6.45) is 26.8. The van der Waals surface area contributed by atoms with Gasteiger partial charge >= 0.3 is 0 Å². The van der Waals surface area contributed by atoms with E-state index in [1.54, 1.807) is 12.5 Å². The molecule has 0 unspecified atom stereocenters. The minimum atomic E-state index is -0.539.